The predicted octanol–water partition coefficient (Wildman–Crippen LogP) is 3.17. The third-order valence-electron chi connectivity index (χ3n) is 2.87. The molecule has 70 valence electrons. The highest BCUT2D eigenvalue weighted by Crippen LogP contribution is 2.38. The van der Waals surface area contributed by atoms with E-state index >= 15 is 0 Å². The number of rotatable bonds is 0. The molecule has 0 aliphatic carbocycles. The van der Waals surface area contributed by atoms with E-state index in [0.717, 1.165) is 0 Å². The van der Waals surface area contributed by atoms with Crippen molar-refractivity contribution in [1.29, 1.82) is 0 Å². The third-order valence-corrected chi connectivity index (χ3v) is 2.87. The molecule has 1 nitrogen and oxygen atoms in total. The Morgan fingerprint density at radius 2 is 2.00 bits per heavy atom. The highest BCUT2D eigenvalue weighted by atomic mass is 14.9. The predicted molar refractivity (Wildman–Crippen MR) is 57.2 cm³/mol. The van der Waals surface area contributed by atoms with E-state index in [-0.39, 0.29) is 0 Å². The standard InChI is InChI=1S/C12H17N/c1-9-8-12(2,3)10-6-4-5-7-11(10)13-9/h4-7,9,13H,8H2,1-3H3. The van der Waals surface area contributed by atoms with Crippen molar-refractivity contribution >= 4 is 5.69 Å². The number of fused-ring (bicyclic) bond motifs is 1. The molecule has 0 spiro atoms. The van der Waals surface area contributed by atoms with Gasteiger partial charge >= 0.3 is 0 Å². The second-order valence-corrected chi connectivity index (χ2v) is 4.68. The summed E-state index contributed by atoms with van der Waals surface area (Å²) in [5.41, 5.74) is 3.08. The topological polar surface area (TPSA) is 12.0 Å². The first-order valence-electron chi connectivity index (χ1n) is 4.96. The second-order valence-electron chi connectivity index (χ2n) is 4.68. The normalized spacial score (nSPS) is 24.7. The number of benzene rings is 1. The molecular formula is C12H17N. The lowest BCUT2D eigenvalue weighted by atomic mass is 9.76. The third kappa shape index (κ3) is 1.43. The number of para-hydroxylation sites is 1. The summed E-state index contributed by atoms with van der Waals surface area (Å²) in [5.74, 6) is 0. The highest BCUT2D eigenvalue weighted by Gasteiger charge is 2.29. The fourth-order valence-electron chi connectivity index (χ4n) is 2.39. The number of hydrogen-bond donors (Lipinski definition) is 1. The lowest BCUT2D eigenvalue weighted by molar-refractivity contribution is 0.434. The van der Waals surface area contributed by atoms with Gasteiger partial charge in [0, 0.05) is 11.7 Å². The molecule has 0 aromatic heterocycles. The van der Waals surface area contributed by atoms with Crippen molar-refractivity contribution in [3.63, 3.8) is 0 Å². The lowest BCUT2D eigenvalue weighted by Crippen LogP contribution is -2.34. The van der Waals surface area contributed by atoms with E-state index in [1.54, 1.807) is 0 Å². The summed E-state index contributed by atoms with van der Waals surface area (Å²) < 4.78 is 0. The lowest BCUT2D eigenvalue weighted by Gasteiger charge is -2.37. The van der Waals surface area contributed by atoms with E-state index in [4.69, 9.17) is 0 Å². The number of anilines is 1. The van der Waals surface area contributed by atoms with Crippen LogP contribution in [0.4, 0.5) is 5.69 Å². The van der Waals surface area contributed by atoms with E-state index in [1.165, 1.54) is 17.7 Å². The minimum atomic E-state index is 0.321. The minimum Gasteiger partial charge on any atom is -0.382 e. The summed E-state index contributed by atoms with van der Waals surface area (Å²) in [6.45, 7) is 6.89. The van der Waals surface area contributed by atoms with Gasteiger partial charge in [0.05, 0.1) is 0 Å². The summed E-state index contributed by atoms with van der Waals surface area (Å²) in [5, 5.41) is 3.52. The molecule has 1 heteroatoms. The Kier molecular flexibility index (Phi) is 1.83. The summed E-state index contributed by atoms with van der Waals surface area (Å²) >= 11 is 0. The molecule has 1 unspecified atom stereocenters. The molecule has 1 N–H and O–H groups in total. The molecule has 0 fully saturated rings. The van der Waals surface area contributed by atoms with Crippen molar-refractivity contribution in [3.05, 3.63) is 29.8 Å². The van der Waals surface area contributed by atoms with Crippen molar-refractivity contribution < 1.29 is 0 Å². The maximum atomic E-state index is 3.52. The van der Waals surface area contributed by atoms with Crippen LogP contribution in [0.5, 0.6) is 0 Å². The van der Waals surface area contributed by atoms with E-state index in [0.29, 0.717) is 11.5 Å². The molecule has 1 atom stereocenters. The zero-order valence-corrected chi connectivity index (χ0v) is 8.59. The zero-order chi connectivity index (χ0) is 9.47. The van der Waals surface area contributed by atoms with Crippen LogP contribution < -0.4 is 5.32 Å². The van der Waals surface area contributed by atoms with Gasteiger partial charge in [-0.05, 0) is 30.4 Å². The van der Waals surface area contributed by atoms with Gasteiger partial charge in [0.1, 0.15) is 0 Å². The van der Waals surface area contributed by atoms with Gasteiger partial charge in [-0.2, -0.15) is 0 Å². The SMILES string of the molecule is CC1CC(C)(C)c2ccccc2N1. The van der Waals surface area contributed by atoms with Crippen LogP contribution in [-0.2, 0) is 5.41 Å². The Hall–Kier alpha value is -0.980. The molecular weight excluding hydrogens is 158 g/mol. The first-order chi connectivity index (χ1) is 6.09. The summed E-state index contributed by atoms with van der Waals surface area (Å²) in [6.07, 6.45) is 1.21. The summed E-state index contributed by atoms with van der Waals surface area (Å²) in [4.78, 5) is 0. The Balaban J connectivity index is 2.50. The Bertz CT molecular complexity index is 315. The molecule has 1 aliphatic heterocycles. The molecule has 1 aliphatic rings. The van der Waals surface area contributed by atoms with Crippen molar-refractivity contribution in [2.24, 2.45) is 0 Å². The molecule has 0 bridgehead atoms. The van der Waals surface area contributed by atoms with E-state index in [9.17, 15) is 0 Å². The van der Waals surface area contributed by atoms with Crippen LogP contribution in [0, 0.1) is 0 Å². The molecule has 0 saturated carbocycles. The zero-order valence-electron chi connectivity index (χ0n) is 8.59. The average molecular weight is 175 g/mol. The van der Waals surface area contributed by atoms with Gasteiger partial charge in [-0.3, -0.25) is 0 Å². The quantitative estimate of drug-likeness (QED) is 0.638. The molecule has 0 saturated heterocycles. The molecule has 0 radical (unpaired) electrons. The van der Waals surface area contributed by atoms with Gasteiger partial charge in [-0.15, -0.1) is 0 Å². The average Bonchev–Trinajstić information content (AvgIpc) is 2.02. The van der Waals surface area contributed by atoms with Crippen molar-refractivity contribution in [3.8, 4) is 0 Å². The molecule has 13 heavy (non-hydrogen) atoms. The Morgan fingerprint density at radius 1 is 1.31 bits per heavy atom. The van der Waals surface area contributed by atoms with Gasteiger partial charge in [0.15, 0.2) is 0 Å². The van der Waals surface area contributed by atoms with Crippen LogP contribution in [0.3, 0.4) is 0 Å². The van der Waals surface area contributed by atoms with Crippen LogP contribution >= 0.6 is 0 Å². The van der Waals surface area contributed by atoms with Gasteiger partial charge in [-0.25, -0.2) is 0 Å². The van der Waals surface area contributed by atoms with Crippen molar-refractivity contribution in [1.82, 2.24) is 0 Å². The summed E-state index contributed by atoms with van der Waals surface area (Å²) in [6, 6.07) is 9.21. The molecule has 1 heterocycles. The van der Waals surface area contributed by atoms with E-state index < -0.39 is 0 Å². The maximum absolute atomic E-state index is 3.52. The van der Waals surface area contributed by atoms with Gasteiger partial charge in [-0.1, -0.05) is 32.0 Å². The first-order valence-corrected chi connectivity index (χ1v) is 4.96. The fourth-order valence-corrected chi connectivity index (χ4v) is 2.39. The maximum Gasteiger partial charge on any atom is 0.0380 e. The van der Waals surface area contributed by atoms with Gasteiger partial charge in [0.25, 0.3) is 0 Å². The monoisotopic (exact) mass is 175 g/mol. The number of hydrogen-bond acceptors (Lipinski definition) is 1. The first kappa shape index (κ1) is 8.61. The second kappa shape index (κ2) is 2.76. The van der Waals surface area contributed by atoms with Crippen LogP contribution in [-0.4, -0.2) is 6.04 Å². The van der Waals surface area contributed by atoms with Crippen molar-refractivity contribution in [2.75, 3.05) is 5.32 Å². The minimum absolute atomic E-state index is 0.321. The van der Waals surface area contributed by atoms with Crippen LogP contribution in [0.2, 0.25) is 0 Å². The largest absolute Gasteiger partial charge is 0.382 e. The molecule has 0 amide bonds. The molecule has 2 rings (SSSR count). The molecule has 1 aromatic rings. The van der Waals surface area contributed by atoms with Crippen LogP contribution in [0.25, 0.3) is 0 Å². The van der Waals surface area contributed by atoms with E-state index in [2.05, 4.69) is 50.4 Å². The molecule has 1 aromatic carbocycles. The van der Waals surface area contributed by atoms with Crippen LogP contribution in [0.1, 0.15) is 32.8 Å². The summed E-state index contributed by atoms with van der Waals surface area (Å²) in [7, 11) is 0. The van der Waals surface area contributed by atoms with E-state index in [1.807, 2.05) is 0 Å². The van der Waals surface area contributed by atoms with Gasteiger partial charge < -0.3 is 5.32 Å². The Morgan fingerprint density at radius 3 is 2.77 bits per heavy atom. The fraction of sp³-hybridized carbons (Fsp3) is 0.500. The number of nitrogens with one attached hydrogen (secondary N) is 1. The highest BCUT2D eigenvalue weighted by molar-refractivity contribution is 5.57. The smallest absolute Gasteiger partial charge is 0.0380 e. The van der Waals surface area contributed by atoms with Crippen molar-refractivity contribution in [2.45, 2.75) is 38.6 Å². The van der Waals surface area contributed by atoms with Crippen LogP contribution in [0.15, 0.2) is 24.3 Å². The van der Waals surface area contributed by atoms with Gasteiger partial charge in [0.2, 0.25) is 0 Å². The Labute approximate surface area is 80.2 Å².